The minimum absolute atomic E-state index is 0.123. The van der Waals surface area contributed by atoms with Crippen LogP contribution in [-0.2, 0) is 32.3 Å². The monoisotopic (exact) mass is 639 g/mol. The molecule has 0 saturated heterocycles. The fraction of sp³-hybridized carbons (Fsp3) is 0.333. The molecule has 0 fully saturated rings. The van der Waals surface area contributed by atoms with Gasteiger partial charge in [0.05, 0.1) is 28.3 Å². The number of rotatable bonds is 10. The Balaban J connectivity index is 2.12. The molecular weight excluding hydrogens is 607 g/mol. The summed E-state index contributed by atoms with van der Waals surface area (Å²) in [6, 6.07) is 15.2. The number of amides is 2. The summed E-state index contributed by atoms with van der Waals surface area (Å²) < 4.78 is 74.7. The lowest BCUT2D eigenvalue weighted by Gasteiger charge is -2.33. The number of ether oxygens (including phenoxy) is 1. The van der Waals surface area contributed by atoms with Crippen LogP contribution in [-0.4, -0.2) is 50.4 Å². The molecule has 0 aliphatic heterocycles. The van der Waals surface area contributed by atoms with Gasteiger partial charge in [-0.1, -0.05) is 41.9 Å². The number of nitrogens with one attached hydrogen (secondary N) is 1. The zero-order valence-electron chi connectivity index (χ0n) is 24.3. The third kappa shape index (κ3) is 8.64. The molecule has 1 unspecified atom stereocenters. The Morgan fingerprint density at radius 1 is 0.977 bits per heavy atom. The molecule has 0 saturated carbocycles. The first-order valence-electron chi connectivity index (χ1n) is 13.1. The van der Waals surface area contributed by atoms with Gasteiger partial charge in [-0.05, 0) is 75.7 Å². The van der Waals surface area contributed by atoms with Crippen LogP contribution in [0.3, 0.4) is 0 Å². The van der Waals surface area contributed by atoms with Crippen LogP contribution in [0.4, 0.5) is 18.9 Å². The van der Waals surface area contributed by atoms with E-state index >= 15 is 0 Å². The molecule has 3 rings (SSSR count). The lowest BCUT2D eigenvalue weighted by Crippen LogP contribution is -2.54. The van der Waals surface area contributed by atoms with Gasteiger partial charge < -0.3 is 15.0 Å². The molecule has 0 heterocycles. The fourth-order valence-corrected chi connectivity index (χ4v) is 5.81. The average molecular weight is 640 g/mol. The van der Waals surface area contributed by atoms with E-state index in [1.807, 2.05) is 0 Å². The number of sulfonamides is 1. The molecule has 0 aromatic heterocycles. The van der Waals surface area contributed by atoms with E-state index in [2.05, 4.69) is 5.32 Å². The molecule has 0 aliphatic carbocycles. The van der Waals surface area contributed by atoms with E-state index in [4.69, 9.17) is 16.3 Å². The normalized spacial score (nSPS) is 12.8. The van der Waals surface area contributed by atoms with Crippen molar-refractivity contribution in [3.8, 4) is 5.75 Å². The molecule has 1 N–H and O–H groups in total. The Kier molecular flexibility index (Phi) is 10.4. The molecule has 232 valence electrons. The topological polar surface area (TPSA) is 96.0 Å². The Hall–Kier alpha value is -3.77. The minimum atomic E-state index is -4.89. The van der Waals surface area contributed by atoms with Crippen molar-refractivity contribution in [2.75, 3.05) is 18.0 Å². The number of nitrogens with zero attached hydrogens (tertiary/aromatic N) is 2. The van der Waals surface area contributed by atoms with Crippen LogP contribution in [0.2, 0.25) is 5.02 Å². The number of halogens is 4. The molecule has 13 heteroatoms. The van der Waals surface area contributed by atoms with Crippen LogP contribution in [0, 0.1) is 0 Å². The molecular formula is C30H33ClF3N3O5S. The summed E-state index contributed by atoms with van der Waals surface area (Å²) in [6.45, 7) is 5.74. The predicted molar refractivity (Wildman–Crippen MR) is 158 cm³/mol. The summed E-state index contributed by atoms with van der Waals surface area (Å²) in [7, 11) is -3.09. The van der Waals surface area contributed by atoms with Crippen molar-refractivity contribution in [2.45, 2.75) is 56.9 Å². The lowest BCUT2D eigenvalue weighted by atomic mass is 10.1. The third-order valence-electron chi connectivity index (χ3n) is 6.31. The highest BCUT2D eigenvalue weighted by molar-refractivity contribution is 7.92. The maximum atomic E-state index is 14.0. The Morgan fingerprint density at radius 2 is 1.63 bits per heavy atom. The number of carbonyl (C=O) groups excluding carboxylic acids is 2. The molecule has 0 bridgehead atoms. The van der Waals surface area contributed by atoms with Crippen molar-refractivity contribution in [3.05, 3.63) is 88.9 Å². The van der Waals surface area contributed by atoms with Crippen molar-refractivity contribution < 1.29 is 35.9 Å². The second kappa shape index (κ2) is 13.3. The SMILES string of the molecule is COc1cccc(CN(C(=O)CN(c2ccc(Cl)c(C(F)(F)F)c2)S(=O)(=O)c2ccccc2)C(C)C(=O)NC(C)(C)C)c1. The lowest BCUT2D eigenvalue weighted by molar-refractivity contribution is -0.140. The highest BCUT2D eigenvalue weighted by atomic mass is 35.5. The number of alkyl halides is 3. The van der Waals surface area contributed by atoms with Crippen LogP contribution in [0.1, 0.15) is 38.8 Å². The first kappa shape index (κ1) is 33.7. The van der Waals surface area contributed by atoms with Crippen molar-refractivity contribution in [1.82, 2.24) is 10.2 Å². The smallest absolute Gasteiger partial charge is 0.417 e. The third-order valence-corrected chi connectivity index (χ3v) is 8.42. The summed E-state index contributed by atoms with van der Waals surface area (Å²) in [5, 5.41) is 2.17. The highest BCUT2D eigenvalue weighted by Crippen LogP contribution is 2.38. The van der Waals surface area contributed by atoms with Gasteiger partial charge in [-0.15, -0.1) is 0 Å². The van der Waals surface area contributed by atoms with Gasteiger partial charge in [0.15, 0.2) is 0 Å². The van der Waals surface area contributed by atoms with E-state index in [0.29, 0.717) is 21.7 Å². The molecule has 0 radical (unpaired) electrons. The summed E-state index contributed by atoms with van der Waals surface area (Å²) in [6.07, 6.45) is -4.89. The van der Waals surface area contributed by atoms with Crippen LogP contribution < -0.4 is 14.4 Å². The number of methoxy groups -OCH3 is 1. The van der Waals surface area contributed by atoms with Crippen molar-refractivity contribution in [3.63, 3.8) is 0 Å². The van der Waals surface area contributed by atoms with Crippen LogP contribution in [0.5, 0.6) is 5.75 Å². The van der Waals surface area contributed by atoms with E-state index in [1.165, 1.54) is 43.2 Å². The summed E-state index contributed by atoms with van der Waals surface area (Å²) in [5.74, 6) is -0.847. The molecule has 2 amide bonds. The van der Waals surface area contributed by atoms with Crippen molar-refractivity contribution >= 4 is 39.1 Å². The van der Waals surface area contributed by atoms with Gasteiger partial charge in [0.2, 0.25) is 11.8 Å². The molecule has 0 spiro atoms. The molecule has 0 aliphatic rings. The predicted octanol–water partition coefficient (Wildman–Crippen LogP) is 5.89. The van der Waals surface area contributed by atoms with Crippen LogP contribution >= 0.6 is 11.6 Å². The summed E-state index contributed by atoms with van der Waals surface area (Å²) >= 11 is 5.80. The van der Waals surface area contributed by atoms with Gasteiger partial charge in [0.1, 0.15) is 18.3 Å². The second-order valence-corrected chi connectivity index (χ2v) is 13.0. The summed E-state index contributed by atoms with van der Waals surface area (Å²) in [4.78, 5) is 28.1. The standard InChI is InChI=1S/C30H33ClF3N3O5S/c1-20(28(39)35-29(2,3)4)36(18-21-10-9-11-23(16-21)42-5)27(38)19-37(43(40,41)24-12-7-6-8-13-24)22-14-15-26(31)25(17-22)30(32,33)34/h6-17,20H,18-19H2,1-5H3,(H,35,39). The first-order valence-corrected chi connectivity index (χ1v) is 14.9. The van der Waals surface area contributed by atoms with Gasteiger partial charge >= 0.3 is 6.18 Å². The largest absolute Gasteiger partial charge is 0.497 e. The molecule has 3 aromatic carbocycles. The highest BCUT2D eigenvalue weighted by Gasteiger charge is 2.37. The van der Waals surface area contributed by atoms with E-state index in [-0.39, 0.29) is 11.4 Å². The second-order valence-electron chi connectivity index (χ2n) is 10.8. The van der Waals surface area contributed by atoms with Crippen molar-refractivity contribution in [1.29, 1.82) is 0 Å². The molecule has 8 nitrogen and oxygen atoms in total. The number of benzene rings is 3. The number of anilines is 1. The Bertz CT molecular complexity index is 1560. The average Bonchev–Trinajstić information content (AvgIpc) is 2.93. The van der Waals surface area contributed by atoms with Crippen LogP contribution in [0.25, 0.3) is 0 Å². The van der Waals surface area contributed by atoms with E-state index in [1.54, 1.807) is 51.1 Å². The summed E-state index contributed by atoms with van der Waals surface area (Å²) in [5.41, 5.74) is -1.76. The molecule has 3 aromatic rings. The van der Waals surface area contributed by atoms with Crippen molar-refractivity contribution in [2.24, 2.45) is 0 Å². The Morgan fingerprint density at radius 3 is 2.21 bits per heavy atom. The molecule has 43 heavy (non-hydrogen) atoms. The minimum Gasteiger partial charge on any atom is -0.497 e. The van der Waals surface area contributed by atoms with Gasteiger partial charge in [-0.3, -0.25) is 13.9 Å². The van der Waals surface area contributed by atoms with Gasteiger partial charge in [0, 0.05) is 12.1 Å². The number of hydrogen-bond donors (Lipinski definition) is 1. The van der Waals surface area contributed by atoms with E-state index in [9.17, 15) is 31.2 Å². The molecule has 1 atom stereocenters. The number of carbonyl (C=O) groups is 2. The van der Waals surface area contributed by atoms with Gasteiger partial charge in [-0.2, -0.15) is 13.2 Å². The fourth-order valence-electron chi connectivity index (χ4n) is 4.16. The maximum Gasteiger partial charge on any atom is 0.417 e. The van der Waals surface area contributed by atoms with E-state index < -0.39 is 62.4 Å². The van der Waals surface area contributed by atoms with Gasteiger partial charge in [0.25, 0.3) is 10.0 Å². The Labute approximate surface area is 254 Å². The zero-order chi connectivity index (χ0) is 32.2. The maximum absolute atomic E-state index is 14.0. The van der Waals surface area contributed by atoms with Crippen LogP contribution in [0.15, 0.2) is 77.7 Å². The zero-order valence-corrected chi connectivity index (χ0v) is 25.8. The van der Waals surface area contributed by atoms with E-state index in [0.717, 1.165) is 12.1 Å². The number of hydrogen-bond acceptors (Lipinski definition) is 5. The first-order chi connectivity index (χ1) is 19.9. The van der Waals surface area contributed by atoms with Gasteiger partial charge in [-0.25, -0.2) is 8.42 Å². The quantitative estimate of drug-likeness (QED) is 0.298.